The zero-order valence-corrected chi connectivity index (χ0v) is 12.5. The number of hydrogen-bond acceptors (Lipinski definition) is 3. The van der Waals surface area contributed by atoms with Gasteiger partial charge in [-0.15, -0.1) is 0 Å². The van der Waals surface area contributed by atoms with Crippen LogP contribution in [0.25, 0.3) is 0 Å². The Hall–Kier alpha value is -1.55. The molecule has 0 fully saturated rings. The van der Waals surface area contributed by atoms with Crippen LogP contribution in [0.2, 0.25) is 0 Å². The Morgan fingerprint density at radius 2 is 2.05 bits per heavy atom. The summed E-state index contributed by atoms with van der Waals surface area (Å²) in [7, 11) is 1.97. The van der Waals surface area contributed by atoms with Crippen LogP contribution in [0.1, 0.15) is 27.7 Å². The van der Waals surface area contributed by atoms with Crippen LogP contribution in [0.3, 0.4) is 0 Å². The number of nitrogens with zero attached hydrogens (tertiary/aromatic N) is 1. The first kappa shape index (κ1) is 15.5. The van der Waals surface area contributed by atoms with E-state index in [4.69, 9.17) is 5.73 Å². The molecule has 0 heterocycles. The number of carbonyl (C=O) groups excluding carboxylic acids is 1. The van der Waals surface area contributed by atoms with Crippen molar-refractivity contribution in [3.8, 4) is 0 Å². The van der Waals surface area contributed by atoms with Gasteiger partial charge in [-0.1, -0.05) is 26.8 Å². The molecule has 0 radical (unpaired) electrons. The molecule has 106 valence electrons. The number of benzene rings is 1. The Kier molecular flexibility index (Phi) is 4.95. The van der Waals surface area contributed by atoms with Gasteiger partial charge in [0.1, 0.15) is 0 Å². The fourth-order valence-electron chi connectivity index (χ4n) is 1.95. The first-order valence-corrected chi connectivity index (χ1v) is 6.56. The average Bonchev–Trinajstić information content (AvgIpc) is 2.25. The summed E-state index contributed by atoms with van der Waals surface area (Å²) in [6.45, 7) is 9.25. The highest BCUT2D eigenvalue weighted by Crippen LogP contribution is 2.17. The quantitative estimate of drug-likeness (QED) is 0.821. The van der Waals surface area contributed by atoms with Gasteiger partial charge in [-0.3, -0.25) is 9.69 Å². The highest BCUT2D eigenvalue weighted by molar-refractivity contribution is 5.94. The van der Waals surface area contributed by atoms with Crippen LogP contribution in [0.5, 0.6) is 0 Å². The lowest BCUT2D eigenvalue weighted by Crippen LogP contribution is -2.43. The predicted molar refractivity (Wildman–Crippen MR) is 81.0 cm³/mol. The largest absolute Gasteiger partial charge is 0.399 e. The molecule has 0 aliphatic heterocycles. The van der Waals surface area contributed by atoms with E-state index < -0.39 is 0 Å². The van der Waals surface area contributed by atoms with Crippen molar-refractivity contribution in [3.05, 3.63) is 24.3 Å². The smallest absolute Gasteiger partial charge is 0.241 e. The number of anilines is 2. The molecule has 0 saturated carbocycles. The van der Waals surface area contributed by atoms with E-state index in [0.717, 1.165) is 12.2 Å². The Morgan fingerprint density at radius 3 is 2.58 bits per heavy atom. The molecule has 0 bridgehead atoms. The lowest BCUT2D eigenvalue weighted by Gasteiger charge is -2.30. The van der Waals surface area contributed by atoms with Crippen LogP contribution in [-0.4, -0.2) is 30.4 Å². The van der Waals surface area contributed by atoms with Crippen LogP contribution >= 0.6 is 0 Å². The second-order valence-corrected chi connectivity index (χ2v) is 6.27. The first-order valence-electron chi connectivity index (χ1n) is 6.56. The minimum absolute atomic E-state index is 0.0163. The first-order chi connectivity index (χ1) is 8.69. The summed E-state index contributed by atoms with van der Waals surface area (Å²) in [6, 6.07) is 7.04. The normalized spacial score (nSPS) is 13.4. The Bertz CT molecular complexity index is 437. The Balaban J connectivity index is 2.62. The summed E-state index contributed by atoms with van der Waals surface area (Å²) in [6.07, 6.45) is 0. The number of nitrogens with two attached hydrogens (primary N) is 1. The molecule has 1 aromatic rings. The zero-order valence-electron chi connectivity index (χ0n) is 12.5. The van der Waals surface area contributed by atoms with Crippen molar-refractivity contribution in [2.24, 2.45) is 5.41 Å². The van der Waals surface area contributed by atoms with Crippen LogP contribution in [0.4, 0.5) is 11.4 Å². The third-order valence-electron chi connectivity index (χ3n) is 2.92. The molecule has 1 aromatic carbocycles. The van der Waals surface area contributed by atoms with E-state index in [1.54, 1.807) is 12.1 Å². The summed E-state index contributed by atoms with van der Waals surface area (Å²) in [4.78, 5) is 14.2. The van der Waals surface area contributed by atoms with Crippen LogP contribution in [-0.2, 0) is 4.79 Å². The molecule has 4 nitrogen and oxygen atoms in total. The number of rotatable bonds is 4. The van der Waals surface area contributed by atoms with Crippen molar-refractivity contribution in [2.75, 3.05) is 24.6 Å². The van der Waals surface area contributed by atoms with E-state index in [1.807, 2.05) is 26.1 Å². The molecule has 0 saturated heterocycles. The van der Waals surface area contributed by atoms with E-state index in [-0.39, 0.29) is 17.4 Å². The molecule has 0 aromatic heterocycles. The molecule has 1 atom stereocenters. The number of hydrogen-bond donors (Lipinski definition) is 2. The van der Waals surface area contributed by atoms with E-state index in [2.05, 4.69) is 31.0 Å². The molecule has 0 spiro atoms. The zero-order chi connectivity index (χ0) is 14.6. The van der Waals surface area contributed by atoms with Crippen molar-refractivity contribution >= 4 is 17.3 Å². The third-order valence-corrected chi connectivity index (χ3v) is 2.92. The number of amides is 1. The van der Waals surface area contributed by atoms with Crippen molar-refractivity contribution in [3.63, 3.8) is 0 Å². The minimum atomic E-state index is -0.180. The van der Waals surface area contributed by atoms with Crippen molar-refractivity contribution in [1.29, 1.82) is 0 Å². The molecular weight excluding hydrogens is 238 g/mol. The second kappa shape index (κ2) is 6.06. The summed E-state index contributed by atoms with van der Waals surface area (Å²) in [5.41, 5.74) is 7.24. The number of likely N-dealkylation sites (N-methyl/N-ethyl adjacent to an activating group) is 1. The summed E-state index contributed by atoms with van der Waals surface area (Å²) in [5, 5.41) is 2.89. The van der Waals surface area contributed by atoms with Gasteiger partial charge < -0.3 is 11.1 Å². The van der Waals surface area contributed by atoms with E-state index in [9.17, 15) is 4.79 Å². The molecule has 0 aliphatic rings. The Labute approximate surface area is 116 Å². The highest BCUT2D eigenvalue weighted by Gasteiger charge is 2.22. The topological polar surface area (TPSA) is 58.4 Å². The molecule has 1 unspecified atom stereocenters. The average molecular weight is 263 g/mol. The monoisotopic (exact) mass is 263 g/mol. The van der Waals surface area contributed by atoms with Gasteiger partial charge in [0.05, 0.1) is 6.04 Å². The van der Waals surface area contributed by atoms with Crippen molar-refractivity contribution < 1.29 is 4.79 Å². The summed E-state index contributed by atoms with van der Waals surface area (Å²) >= 11 is 0. The fourth-order valence-corrected chi connectivity index (χ4v) is 1.95. The third kappa shape index (κ3) is 5.30. The van der Waals surface area contributed by atoms with Crippen LogP contribution in [0, 0.1) is 5.41 Å². The molecule has 0 aliphatic carbocycles. The van der Waals surface area contributed by atoms with Gasteiger partial charge in [-0.25, -0.2) is 0 Å². The van der Waals surface area contributed by atoms with Crippen LogP contribution in [0.15, 0.2) is 24.3 Å². The SMILES string of the molecule is CC(C(=O)Nc1cccc(N)c1)N(C)CC(C)(C)C. The van der Waals surface area contributed by atoms with E-state index in [0.29, 0.717) is 5.69 Å². The maximum Gasteiger partial charge on any atom is 0.241 e. The van der Waals surface area contributed by atoms with Gasteiger partial charge in [-0.2, -0.15) is 0 Å². The lowest BCUT2D eigenvalue weighted by molar-refractivity contribution is -0.120. The minimum Gasteiger partial charge on any atom is -0.399 e. The van der Waals surface area contributed by atoms with E-state index in [1.165, 1.54) is 0 Å². The van der Waals surface area contributed by atoms with Crippen molar-refractivity contribution in [2.45, 2.75) is 33.7 Å². The maximum absolute atomic E-state index is 12.2. The number of nitrogens with one attached hydrogen (secondary N) is 1. The predicted octanol–water partition coefficient (Wildman–Crippen LogP) is 2.57. The number of carbonyl (C=O) groups is 1. The van der Waals surface area contributed by atoms with Gasteiger partial charge in [0, 0.05) is 17.9 Å². The van der Waals surface area contributed by atoms with E-state index >= 15 is 0 Å². The lowest BCUT2D eigenvalue weighted by atomic mass is 9.95. The molecule has 1 rings (SSSR count). The standard InChI is InChI=1S/C15H25N3O/c1-11(18(5)10-15(2,3)4)14(19)17-13-8-6-7-12(16)9-13/h6-9,11H,10,16H2,1-5H3,(H,17,19). The molecule has 4 heteroatoms. The molecule has 19 heavy (non-hydrogen) atoms. The second-order valence-electron chi connectivity index (χ2n) is 6.27. The summed E-state index contributed by atoms with van der Waals surface area (Å²) < 4.78 is 0. The van der Waals surface area contributed by atoms with Gasteiger partial charge in [0.2, 0.25) is 5.91 Å². The van der Waals surface area contributed by atoms with Gasteiger partial charge in [-0.05, 0) is 37.6 Å². The molecular formula is C15H25N3O. The van der Waals surface area contributed by atoms with Crippen LogP contribution < -0.4 is 11.1 Å². The van der Waals surface area contributed by atoms with Gasteiger partial charge >= 0.3 is 0 Å². The van der Waals surface area contributed by atoms with Gasteiger partial charge in [0.25, 0.3) is 0 Å². The molecule has 3 N–H and O–H groups in total. The summed E-state index contributed by atoms with van der Waals surface area (Å²) in [5.74, 6) is -0.0163. The molecule has 1 amide bonds. The Morgan fingerprint density at radius 1 is 1.42 bits per heavy atom. The maximum atomic E-state index is 12.2. The fraction of sp³-hybridized carbons (Fsp3) is 0.533. The van der Waals surface area contributed by atoms with Gasteiger partial charge in [0.15, 0.2) is 0 Å². The van der Waals surface area contributed by atoms with Crippen molar-refractivity contribution in [1.82, 2.24) is 4.90 Å². The highest BCUT2D eigenvalue weighted by atomic mass is 16.2. The number of nitrogen functional groups attached to an aromatic ring is 1.